The van der Waals surface area contributed by atoms with Crippen LogP contribution in [0.2, 0.25) is 0 Å². The minimum absolute atomic E-state index is 0.000956. The minimum atomic E-state index is -3.42. The summed E-state index contributed by atoms with van der Waals surface area (Å²) >= 11 is 0. The van der Waals surface area contributed by atoms with E-state index in [1.165, 1.54) is 0 Å². The van der Waals surface area contributed by atoms with Crippen molar-refractivity contribution >= 4 is 16.1 Å². The SMILES string of the molecule is CC(C)(C)NS(=O)(=O)CCNC(=O)OCc1ccccc1. The lowest BCUT2D eigenvalue weighted by Crippen LogP contribution is -2.43. The number of nitrogens with one attached hydrogen (secondary N) is 2. The number of carbonyl (C=O) groups excluding carboxylic acids is 1. The van der Waals surface area contributed by atoms with Crippen LogP contribution in [-0.2, 0) is 21.4 Å². The van der Waals surface area contributed by atoms with E-state index in [1.807, 2.05) is 30.3 Å². The van der Waals surface area contributed by atoms with Crippen LogP contribution in [0, 0.1) is 0 Å². The van der Waals surface area contributed by atoms with E-state index in [9.17, 15) is 13.2 Å². The Balaban J connectivity index is 2.28. The molecule has 118 valence electrons. The van der Waals surface area contributed by atoms with Crippen molar-refractivity contribution in [2.45, 2.75) is 32.9 Å². The molecule has 6 nitrogen and oxygen atoms in total. The predicted octanol–water partition coefficient (Wildman–Crippen LogP) is 1.63. The van der Waals surface area contributed by atoms with Gasteiger partial charge in [0.1, 0.15) is 6.61 Å². The van der Waals surface area contributed by atoms with Crippen LogP contribution in [0.15, 0.2) is 30.3 Å². The van der Waals surface area contributed by atoms with Crippen molar-refractivity contribution in [3.63, 3.8) is 0 Å². The lowest BCUT2D eigenvalue weighted by molar-refractivity contribution is 0.140. The van der Waals surface area contributed by atoms with Crippen molar-refractivity contribution in [1.29, 1.82) is 0 Å². The Morgan fingerprint density at radius 1 is 1.19 bits per heavy atom. The fourth-order valence-electron chi connectivity index (χ4n) is 1.58. The fourth-order valence-corrected chi connectivity index (χ4v) is 2.99. The third kappa shape index (κ3) is 8.31. The van der Waals surface area contributed by atoms with E-state index >= 15 is 0 Å². The van der Waals surface area contributed by atoms with Crippen molar-refractivity contribution in [2.75, 3.05) is 12.3 Å². The van der Waals surface area contributed by atoms with Crippen LogP contribution >= 0.6 is 0 Å². The first kappa shape index (κ1) is 17.5. The molecule has 0 saturated heterocycles. The molecule has 0 aromatic heterocycles. The zero-order valence-electron chi connectivity index (χ0n) is 12.5. The molecule has 0 bridgehead atoms. The maximum Gasteiger partial charge on any atom is 0.407 e. The van der Waals surface area contributed by atoms with Crippen LogP contribution in [-0.4, -0.2) is 32.3 Å². The van der Waals surface area contributed by atoms with Crippen LogP contribution in [0.1, 0.15) is 26.3 Å². The summed E-state index contributed by atoms with van der Waals surface area (Å²) in [5.41, 5.74) is 0.335. The molecule has 0 atom stereocenters. The van der Waals surface area contributed by atoms with Gasteiger partial charge in [-0.15, -0.1) is 0 Å². The number of carbonyl (C=O) groups is 1. The number of benzene rings is 1. The number of hydrogen-bond donors (Lipinski definition) is 2. The molecule has 0 spiro atoms. The quantitative estimate of drug-likeness (QED) is 0.836. The molecule has 0 aliphatic carbocycles. The zero-order chi connectivity index (χ0) is 15.9. The maximum atomic E-state index is 11.7. The maximum absolute atomic E-state index is 11.7. The van der Waals surface area contributed by atoms with Crippen LogP contribution in [0.3, 0.4) is 0 Å². The van der Waals surface area contributed by atoms with Crippen LogP contribution < -0.4 is 10.0 Å². The average Bonchev–Trinajstić information content (AvgIpc) is 2.34. The Hall–Kier alpha value is -1.60. The standard InChI is InChI=1S/C14H22N2O4S/c1-14(2,3)16-21(18,19)10-9-15-13(17)20-11-12-7-5-4-6-8-12/h4-8,16H,9-11H2,1-3H3,(H,15,17). The van der Waals surface area contributed by atoms with E-state index in [-0.39, 0.29) is 18.9 Å². The van der Waals surface area contributed by atoms with Crippen molar-refractivity contribution in [1.82, 2.24) is 10.0 Å². The van der Waals surface area contributed by atoms with Gasteiger partial charge in [0.25, 0.3) is 0 Å². The molecule has 0 unspecified atom stereocenters. The number of alkyl carbamates (subject to hydrolysis) is 1. The van der Waals surface area contributed by atoms with Crippen molar-refractivity contribution in [3.05, 3.63) is 35.9 Å². The summed E-state index contributed by atoms with van der Waals surface area (Å²) in [4.78, 5) is 11.4. The largest absolute Gasteiger partial charge is 0.445 e. The highest BCUT2D eigenvalue weighted by Crippen LogP contribution is 2.02. The molecule has 0 radical (unpaired) electrons. The second-order valence-corrected chi connectivity index (χ2v) is 7.50. The third-order valence-electron chi connectivity index (χ3n) is 2.31. The van der Waals surface area contributed by atoms with E-state index in [4.69, 9.17) is 4.74 Å². The number of amides is 1. The van der Waals surface area contributed by atoms with Gasteiger partial charge in [-0.25, -0.2) is 17.9 Å². The number of rotatable bonds is 6. The molecular formula is C14H22N2O4S. The Morgan fingerprint density at radius 2 is 1.81 bits per heavy atom. The molecule has 0 fully saturated rings. The lowest BCUT2D eigenvalue weighted by atomic mass is 10.1. The number of ether oxygens (including phenoxy) is 1. The molecule has 1 aromatic carbocycles. The fraction of sp³-hybridized carbons (Fsp3) is 0.500. The van der Waals surface area contributed by atoms with Gasteiger partial charge in [0.05, 0.1) is 5.75 Å². The first-order chi connectivity index (χ1) is 9.68. The van der Waals surface area contributed by atoms with Gasteiger partial charge in [-0.2, -0.15) is 0 Å². The van der Waals surface area contributed by atoms with Crippen LogP contribution in [0.5, 0.6) is 0 Å². The van der Waals surface area contributed by atoms with Gasteiger partial charge in [-0.1, -0.05) is 30.3 Å². The van der Waals surface area contributed by atoms with Crippen molar-refractivity contribution < 1.29 is 17.9 Å². The monoisotopic (exact) mass is 314 g/mol. The van der Waals surface area contributed by atoms with E-state index in [2.05, 4.69) is 10.0 Å². The lowest BCUT2D eigenvalue weighted by Gasteiger charge is -2.20. The van der Waals surface area contributed by atoms with Gasteiger partial charge < -0.3 is 10.1 Å². The summed E-state index contributed by atoms with van der Waals surface area (Å²) < 4.78 is 30.9. The molecular weight excluding hydrogens is 292 g/mol. The van der Waals surface area contributed by atoms with Crippen molar-refractivity contribution in [2.24, 2.45) is 0 Å². The average molecular weight is 314 g/mol. The zero-order valence-corrected chi connectivity index (χ0v) is 13.4. The van der Waals surface area contributed by atoms with Gasteiger partial charge in [0.15, 0.2) is 0 Å². The number of hydrogen-bond acceptors (Lipinski definition) is 4. The first-order valence-corrected chi connectivity index (χ1v) is 8.29. The third-order valence-corrected chi connectivity index (χ3v) is 3.98. The molecule has 0 aliphatic heterocycles. The first-order valence-electron chi connectivity index (χ1n) is 6.64. The second-order valence-electron chi connectivity index (χ2n) is 5.66. The summed E-state index contributed by atoms with van der Waals surface area (Å²) in [6.07, 6.45) is -0.634. The summed E-state index contributed by atoms with van der Waals surface area (Å²) in [6.45, 7) is 5.42. The van der Waals surface area contributed by atoms with Gasteiger partial charge in [-0.05, 0) is 26.3 Å². The number of sulfonamides is 1. The smallest absolute Gasteiger partial charge is 0.407 e. The molecule has 1 rings (SSSR count). The Labute approximate surface area is 125 Å². The molecule has 7 heteroatoms. The molecule has 1 amide bonds. The summed E-state index contributed by atoms with van der Waals surface area (Å²) in [6, 6.07) is 9.25. The van der Waals surface area contributed by atoms with E-state index in [0.29, 0.717) is 0 Å². The Bertz CT molecular complexity index is 550. The highest BCUT2D eigenvalue weighted by atomic mass is 32.2. The van der Waals surface area contributed by atoms with Gasteiger partial charge in [-0.3, -0.25) is 0 Å². The van der Waals surface area contributed by atoms with Gasteiger partial charge in [0.2, 0.25) is 10.0 Å². The molecule has 0 heterocycles. The Morgan fingerprint density at radius 3 is 2.38 bits per heavy atom. The molecule has 0 saturated carbocycles. The van der Waals surface area contributed by atoms with Gasteiger partial charge in [0, 0.05) is 12.1 Å². The molecule has 2 N–H and O–H groups in total. The Kier molecular flexibility index (Phi) is 6.17. The highest BCUT2D eigenvalue weighted by molar-refractivity contribution is 7.89. The highest BCUT2D eigenvalue weighted by Gasteiger charge is 2.19. The molecule has 0 aliphatic rings. The van der Waals surface area contributed by atoms with E-state index < -0.39 is 21.7 Å². The summed E-state index contributed by atoms with van der Waals surface area (Å²) in [5.74, 6) is -0.190. The molecule has 1 aromatic rings. The van der Waals surface area contributed by atoms with Crippen LogP contribution in [0.4, 0.5) is 4.79 Å². The topological polar surface area (TPSA) is 84.5 Å². The normalized spacial score (nSPS) is 12.0. The summed E-state index contributed by atoms with van der Waals surface area (Å²) in [7, 11) is -3.42. The molecule has 21 heavy (non-hydrogen) atoms. The predicted molar refractivity (Wildman–Crippen MR) is 81.3 cm³/mol. The second kappa shape index (κ2) is 7.42. The van der Waals surface area contributed by atoms with E-state index in [0.717, 1.165) is 5.56 Å². The van der Waals surface area contributed by atoms with Crippen LogP contribution in [0.25, 0.3) is 0 Å². The minimum Gasteiger partial charge on any atom is -0.445 e. The van der Waals surface area contributed by atoms with Gasteiger partial charge >= 0.3 is 6.09 Å². The van der Waals surface area contributed by atoms with Crippen molar-refractivity contribution in [3.8, 4) is 0 Å². The summed E-state index contributed by atoms with van der Waals surface area (Å²) in [5, 5.41) is 2.41. The van der Waals surface area contributed by atoms with E-state index in [1.54, 1.807) is 20.8 Å².